The van der Waals surface area contributed by atoms with Gasteiger partial charge in [-0.3, -0.25) is 5.10 Å². The summed E-state index contributed by atoms with van der Waals surface area (Å²) in [7, 11) is 0. The molecule has 1 heterocycles. The molecule has 0 aliphatic heterocycles. The third-order valence-electron chi connectivity index (χ3n) is 0.580. The molecule has 0 aromatic carbocycles. The lowest BCUT2D eigenvalue weighted by Gasteiger charge is -2.04. The molecule has 3 nitrogen and oxygen atoms in total. The Morgan fingerprint density at radius 2 is 2.50 bits per heavy atom. The number of hydrogen-bond acceptors (Lipinski definition) is 2. The lowest BCUT2D eigenvalue weighted by Crippen LogP contribution is -2.18. The highest BCUT2D eigenvalue weighted by Crippen LogP contribution is 1.97. The van der Waals surface area contributed by atoms with E-state index in [0.717, 1.165) is 5.03 Å². The Kier molecular flexibility index (Phi) is 0.597. The Balaban J connectivity index is 2.87. The summed E-state index contributed by atoms with van der Waals surface area (Å²) in [4.78, 5) is 1.32. The fourth-order valence-electron chi connectivity index (χ4n) is 0.197. The van der Waals surface area contributed by atoms with Gasteiger partial charge in [0.1, 0.15) is 5.03 Å². The molecule has 0 saturated carbocycles. The van der Waals surface area contributed by atoms with Crippen LogP contribution in [0.3, 0.4) is 0 Å². The monoisotopic (exact) mass is 103 g/mol. The van der Waals surface area contributed by atoms with Crippen molar-refractivity contribution in [2.75, 3.05) is 5.84 Å². The summed E-state index contributed by atoms with van der Waals surface area (Å²) < 4.78 is 0. The van der Waals surface area contributed by atoms with E-state index in [1.54, 1.807) is 6.20 Å². The van der Waals surface area contributed by atoms with Crippen molar-refractivity contribution in [1.82, 2.24) is 9.89 Å². The second-order valence-corrected chi connectivity index (χ2v) is 1.46. The quantitative estimate of drug-likeness (QED) is 0.309. The van der Waals surface area contributed by atoms with Crippen LogP contribution >= 0.6 is 12.6 Å². The Morgan fingerprint density at radius 3 is 2.50 bits per heavy atom. The van der Waals surface area contributed by atoms with E-state index in [4.69, 9.17) is 5.84 Å². The molecule has 0 aliphatic rings. The van der Waals surface area contributed by atoms with Crippen LogP contribution in [0.4, 0.5) is 0 Å². The predicted octanol–water partition coefficient (Wildman–Crippen LogP) is -0.181. The summed E-state index contributed by atoms with van der Waals surface area (Å²) in [5, 5.41) is 3.39. The van der Waals surface area contributed by atoms with Crippen LogP contribution in [-0.2, 0) is 0 Å². The lowest BCUT2D eigenvalue weighted by atomic mass is 10.9. The van der Waals surface area contributed by atoms with Gasteiger partial charge in [-0.05, 0) is 0 Å². The van der Waals surface area contributed by atoms with Crippen LogP contribution in [0, 0.1) is 0 Å². The van der Waals surface area contributed by atoms with Gasteiger partial charge in [0.25, 0.3) is 0 Å². The highest BCUT2D eigenvalue weighted by atomic mass is 32.1. The number of aromatic nitrogens is 2. The number of nitrogens with one attached hydrogen (secondary N) is 1. The standard InChI is InChI=1S/C2H5N3S/c3-5-2(6)1-4-5/h1,4,6H,3H2. The zero-order valence-corrected chi connectivity index (χ0v) is 3.94. The van der Waals surface area contributed by atoms with Gasteiger partial charge in [-0.2, -0.15) is 4.79 Å². The molecular weight excluding hydrogens is 98.1 g/mol. The third-order valence-corrected chi connectivity index (χ3v) is 0.924. The smallest absolute Gasteiger partial charge is 0.128 e. The molecule has 0 spiro atoms. The molecule has 1 aromatic rings. The predicted molar refractivity (Wildman–Crippen MR) is 26.2 cm³/mol. The summed E-state index contributed by atoms with van der Waals surface area (Å²) in [6, 6.07) is 0. The minimum atomic E-state index is 0.759. The van der Waals surface area contributed by atoms with Crippen molar-refractivity contribution in [3.05, 3.63) is 6.20 Å². The SMILES string of the molecule is Nn1[nH]cc1S. The second-order valence-electron chi connectivity index (χ2n) is 1.00. The summed E-state index contributed by atoms with van der Waals surface area (Å²) >= 11 is 3.88. The van der Waals surface area contributed by atoms with E-state index in [1.807, 2.05) is 0 Å². The van der Waals surface area contributed by atoms with Gasteiger partial charge in [0, 0.05) is 0 Å². The van der Waals surface area contributed by atoms with Gasteiger partial charge in [-0.1, -0.05) is 0 Å². The van der Waals surface area contributed by atoms with Crippen LogP contribution in [0.5, 0.6) is 0 Å². The van der Waals surface area contributed by atoms with Crippen molar-refractivity contribution in [3.8, 4) is 0 Å². The van der Waals surface area contributed by atoms with E-state index in [1.165, 1.54) is 4.79 Å². The molecule has 0 atom stereocenters. The number of hydrogen-bond donors (Lipinski definition) is 3. The third kappa shape index (κ3) is 0.300. The molecule has 0 unspecified atom stereocenters. The molecule has 0 fully saturated rings. The maximum Gasteiger partial charge on any atom is 0.128 e. The normalized spacial score (nSPS) is 9.50. The topological polar surface area (TPSA) is 46.7 Å². The molecule has 34 valence electrons. The van der Waals surface area contributed by atoms with Gasteiger partial charge in [0.15, 0.2) is 0 Å². The number of thiol groups is 1. The van der Waals surface area contributed by atoms with Gasteiger partial charge in [-0.15, -0.1) is 12.6 Å². The first kappa shape index (κ1) is 3.67. The summed E-state index contributed by atoms with van der Waals surface area (Å²) in [5.74, 6) is 5.10. The number of nitrogen functional groups attached to an aromatic ring is 1. The minimum Gasteiger partial charge on any atom is -0.324 e. The average molecular weight is 103 g/mol. The van der Waals surface area contributed by atoms with Crippen molar-refractivity contribution < 1.29 is 0 Å². The second kappa shape index (κ2) is 0.975. The maximum atomic E-state index is 5.10. The highest BCUT2D eigenvalue weighted by molar-refractivity contribution is 7.80. The Morgan fingerprint density at radius 1 is 2.00 bits per heavy atom. The van der Waals surface area contributed by atoms with Gasteiger partial charge >= 0.3 is 0 Å². The minimum absolute atomic E-state index is 0.759. The number of H-pyrrole nitrogens is 1. The molecule has 6 heavy (non-hydrogen) atoms. The Hall–Kier alpha value is -0.510. The molecule has 3 N–H and O–H groups in total. The number of aromatic amines is 1. The van der Waals surface area contributed by atoms with Gasteiger partial charge in [0.2, 0.25) is 0 Å². The van der Waals surface area contributed by atoms with E-state index >= 15 is 0 Å². The van der Waals surface area contributed by atoms with Gasteiger partial charge in [0.05, 0.1) is 6.20 Å². The van der Waals surface area contributed by atoms with E-state index in [-0.39, 0.29) is 0 Å². The molecule has 1 aromatic heterocycles. The number of nitrogens with two attached hydrogens (primary N) is 1. The fourth-order valence-corrected chi connectivity index (χ4v) is 0.312. The molecule has 0 aliphatic carbocycles. The molecule has 0 radical (unpaired) electrons. The van der Waals surface area contributed by atoms with Gasteiger partial charge < -0.3 is 5.84 Å². The maximum absolute atomic E-state index is 5.10. The van der Waals surface area contributed by atoms with Crippen LogP contribution in [0.15, 0.2) is 11.2 Å². The summed E-state index contributed by atoms with van der Waals surface area (Å²) in [6.07, 6.45) is 1.70. The van der Waals surface area contributed by atoms with Crippen LogP contribution in [0.2, 0.25) is 0 Å². The zero-order chi connectivity index (χ0) is 4.57. The van der Waals surface area contributed by atoms with Gasteiger partial charge in [-0.25, -0.2) is 0 Å². The largest absolute Gasteiger partial charge is 0.324 e. The lowest BCUT2D eigenvalue weighted by molar-refractivity contribution is 0.646. The number of nitrogens with zero attached hydrogens (tertiary/aromatic N) is 1. The van der Waals surface area contributed by atoms with Crippen LogP contribution < -0.4 is 5.84 Å². The average Bonchev–Trinajstić information content (AvgIpc) is 1.61. The van der Waals surface area contributed by atoms with Crippen LogP contribution in [0.1, 0.15) is 0 Å². The van der Waals surface area contributed by atoms with Crippen molar-refractivity contribution in [1.29, 1.82) is 0 Å². The Bertz CT molecular complexity index is 115. The first-order chi connectivity index (χ1) is 2.80. The molecule has 0 saturated heterocycles. The first-order valence-electron chi connectivity index (χ1n) is 1.51. The van der Waals surface area contributed by atoms with E-state index < -0.39 is 0 Å². The summed E-state index contributed by atoms with van der Waals surface area (Å²) in [5.41, 5.74) is 0. The van der Waals surface area contributed by atoms with Crippen molar-refractivity contribution in [2.24, 2.45) is 0 Å². The summed E-state index contributed by atoms with van der Waals surface area (Å²) in [6.45, 7) is 0. The molecular formula is C2H5N3S. The van der Waals surface area contributed by atoms with Crippen LogP contribution in [-0.4, -0.2) is 9.89 Å². The van der Waals surface area contributed by atoms with Crippen molar-refractivity contribution in [2.45, 2.75) is 5.03 Å². The van der Waals surface area contributed by atoms with Crippen molar-refractivity contribution >= 4 is 12.6 Å². The number of rotatable bonds is 0. The highest BCUT2D eigenvalue weighted by Gasteiger charge is 1.87. The molecule has 1 rings (SSSR count). The first-order valence-corrected chi connectivity index (χ1v) is 1.95. The van der Waals surface area contributed by atoms with Crippen molar-refractivity contribution in [3.63, 3.8) is 0 Å². The van der Waals surface area contributed by atoms with E-state index in [2.05, 4.69) is 17.7 Å². The van der Waals surface area contributed by atoms with Crippen LogP contribution in [0.25, 0.3) is 0 Å². The fraction of sp³-hybridized carbons (Fsp3) is 0. The Labute approximate surface area is 40.5 Å². The zero-order valence-electron chi connectivity index (χ0n) is 3.05. The molecule has 0 amide bonds. The van der Waals surface area contributed by atoms with E-state index in [0.29, 0.717) is 0 Å². The molecule has 0 bridgehead atoms. The molecule has 4 heteroatoms. The van der Waals surface area contributed by atoms with E-state index in [9.17, 15) is 0 Å².